The second-order valence-electron chi connectivity index (χ2n) is 7.03. The van der Waals surface area contributed by atoms with Crippen molar-refractivity contribution in [3.8, 4) is 0 Å². The van der Waals surface area contributed by atoms with Crippen LogP contribution in [0.5, 0.6) is 0 Å². The molecule has 3 heterocycles. The van der Waals surface area contributed by atoms with Crippen LogP contribution in [0, 0.1) is 5.92 Å². The normalized spacial score (nSPS) is 27.3. The smallest absolute Gasteiger partial charge is 0.138 e. The fourth-order valence-corrected chi connectivity index (χ4v) is 4.71. The maximum atomic E-state index is 4.04. The Balaban J connectivity index is 1.52. The number of aromatic amines is 1. The third kappa shape index (κ3) is 2.01. The molecule has 1 aliphatic carbocycles. The summed E-state index contributed by atoms with van der Waals surface area (Å²) >= 11 is 0. The van der Waals surface area contributed by atoms with Crippen molar-refractivity contribution in [2.24, 2.45) is 5.92 Å². The lowest BCUT2D eigenvalue weighted by Crippen LogP contribution is -2.48. The van der Waals surface area contributed by atoms with Gasteiger partial charge in [-0.1, -0.05) is 12.1 Å². The average molecular weight is 308 g/mol. The molecule has 3 atom stereocenters. The summed E-state index contributed by atoms with van der Waals surface area (Å²) in [5.41, 5.74) is 4.27. The van der Waals surface area contributed by atoms with Crippen LogP contribution < -0.4 is 0 Å². The fraction of sp³-hybridized carbons (Fsp3) is 0.471. The molecule has 0 saturated carbocycles. The first-order valence-corrected chi connectivity index (χ1v) is 8.29. The van der Waals surface area contributed by atoms with Crippen LogP contribution in [-0.2, 0) is 13.0 Å². The monoisotopic (exact) mass is 308 g/mol. The fourth-order valence-electron chi connectivity index (χ4n) is 4.71. The quantitative estimate of drug-likeness (QED) is 0.784. The molecule has 3 aromatic rings. The van der Waals surface area contributed by atoms with E-state index >= 15 is 0 Å². The lowest BCUT2D eigenvalue weighted by Gasteiger charge is -2.45. The highest BCUT2D eigenvalue weighted by Crippen LogP contribution is 2.44. The van der Waals surface area contributed by atoms with Gasteiger partial charge in [-0.15, -0.1) is 5.10 Å². The van der Waals surface area contributed by atoms with Gasteiger partial charge in [-0.2, -0.15) is 0 Å². The predicted octanol–water partition coefficient (Wildman–Crippen LogP) is 1.81. The maximum Gasteiger partial charge on any atom is 0.138 e. The highest BCUT2D eigenvalue weighted by molar-refractivity contribution is 5.88. The van der Waals surface area contributed by atoms with Gasteiger partial charge in [0.15, 0.2) is 0 Å². The summed E-state index contributed by atoms with van der Waals surface area (Å²) in [5.74, 6) is 1.18. The lowest BCUT2D eigenvalue weighted by molar-refractivity contribution is 0.101. The second kappa shape index (κ2) is 4.89. The summed E-state index contributed by atoms with van der Waals surface area (Å²) in [5, 5.41) is 13.0. The third-order valence-corrected chi connectivity index (χ3v) is 5.65. The van der Waals surface area contributed by atoms with Gasteiger partial charge in [0.1, 0.15) is 6.33 Å². The first-order valence-electron chi connectivity index (χ1n) is 8.29. The molecule has 1 aromatic carbocycles. The Hall–Kier alpha value is -2.21. The van der Waals surface area contributed by atoms with E-state index in [4.69, 9.17) is 0 Å². The van der Waals surface area contributed by atoms with Crippen LogP contribution in [0.1, 0.15) is 23.5 Å². The number of likely N-dealkylation sites (N-methyl/N-ethyl adjacent to an activating group) is 1. The Kier molecular flexibility index (Phi) is 2.82. The van der Waals surface area contributed by atoms with E-state index in [0.717, 1.165) is 19.5 Å². The van der Waals surface area contributed by atoms with Gasteiger partial charge in [-0.25, -0.2) is 4.68 Å². The van der Waals surface area contributed by atoms with Crippen LogP contribution in [0.3, 0.4) is 0 Å². The zero-order valence-electron chi connectivity index (χ0n) is 13.2. The molecule has 1 N–H and O–H groups in total. The van der Waals surface area contributed by atoms with Crippen LogP contribution in [0.2, 0.25) is 0 Å². The molecule has 1 aliphatic heterocycles. The first-order chi connectivity index (χ1) is 11.3. The highest BCUT2D eigenvalue weighted by Gasteiger charge is 2.39. The summed E-state index contributed by atoms with van der Waals surface area (Å²) in [4.78, 5) is 5.98. The standard InChI is InChI=1S/C17H20N6/c1-22-8-11(9-23-10-19-20-21-23)5-14-13-3-2-4-15-17(13)12(7-18-15)6-16(14)22/h2-4,7,10-11,14,16,18H,5-6,8-9H2,1H3/t11-,14-,16-/m1/s1. The highest BCUT2D eigenvalue weighted by atomic mass is 15.5. The molecule has 6 heteroatoms. The van der Waals surface area contributed by atoms with E-state index in [-0.39, 0.29) is 0 Å². The SMILES string of the molecule is CN1C[C@H](Cn2cnnn2)C[C@@H]2c3cccc4[nH]cc(c34)C[C@H]21. The Morgan fingerprint density at radius 1 is 1.35 bits per heavy atom. The number of H-pyrrole nitrogens is 1. The molecule has 0 bridgehead atoms. The Bertz CT molecular complexity index is 836. The Morgan fingerprint density at radius 2 is 2.30 bits per heavy atom. The molecule has 2 aliphatic rings. The van der Waals surface area contributed by atoms with Crippen LogP contribution in [-0.4, -0.2) is 49.7 Å². The van der Waals surface area contributed by atoms with Crippen molar-refractivity contribution >= 4 is 10.9 Å². The summed E-state index contributed by atoms with van der Waals surface area (Å²) < 4.78 is 1.87. The van der Waals surface area contributed by atoms with E-state index in [1.165, 1.54) is 28.5 Å². The van der Waals surface area contributed by atoms with Gasteiger partial charge < -0.3 is 9.88 Å². The van der Waals surface area contributed by atoms with E-state index in [1.54, 1.807) is 6.33 Å². The van der Waals surface area contributed by atoms with Crippen LogP contribution >= 0.6 is 0 Å². The number of nitrogens with one attached hydrogen (secondary N) is 1. The van der Waals surface area contributed by atoms with Gasteiger partial charge in [0.25, 0.3) is 0 Å². The number of hydrogen-bond acceptors (Lipinski definition) is 4. The van der Waals surface area contributed by atoms with E-state index < -0.39 is 0 Å². The molecule has 6 nitrogen and oxygen atoms in total. The van der Waals surface area contributed by atoms with Crippen molar-refractivity contribution in [2.45, 2.75) is 31.3 Å². The molecular formula is C17H20N6. The third-order valence-electron chi connectivity index (χ3n) is 5.65. The molecule has 0 amide bonds. The molecule has 1 fully saturated rings. The van der Waals surface area contributed by atoms with Gasteiger partial charge in [0.05, 0.1) is 0 Å². The average Bonchev–Trinajstić information content (AvgIpc) is 3.20. The number of tetrazole rings is 1. The topological polar surface area (TPSA) is 62.6 Å². The van der Waals surface area contributed by atoms with E-state index in [0.29, 0.717) is 17.9 Å². The second-order valence-corrected chi connectivity index (χ2v) is 7.03. The van der Waals surface area contributed by atoms with Gasteiger partial charge in [0, 0.05) is 42.1 Å². The number of fused-ring (bicyclic) bond motifs is 2. The van der Waals surface area contributed by atoms with Crippen molar-refractivity contribution < 1.29 is 0 Å². The molecule has 1 saturated heterocycles. The van der Waals surface area contributed by atoms with Gasteiger partial charge in [-0.3, -0.25) is 0 Å². The Labute approximate surface area is 134 Å². The molecule has 5 rings (SSSR count). The molecule has 0 radical (unpaired) electrons. The van der Waals surface area contributed by atoms with Crippen molar-refractivity contribution in [1.29, 1.82) is 0 Å². The number of nitrogens with zero attached hydrogens (tertiary/aromatic N) is 5. The van der Waals surface area contributed by atoms with E-state index in [9.17, 15) is 0 Å². The number of rotatable bonds is 2. The van der Waals surface area contributed by atoms with Crippen LogP contribution in [0.4, 0.5) is 0 Å². The molecule has 0 spiro atoms. The largest absolute Gasteiger partial charge is 0.361 e. The maximum absolute atomic E-state index is 4.04. The van der Waals surface area contributed by atoms with E-state index in [2.05, 4.69) is 56.9 Å². The molecule has 0 unspecified atom stereocenters. The van der Waals surface area contributed by atoms with Crippen LogP contribution in [0.25, 0.3) is 10.9 Å². The minimum atomic E-state index is 0.584. The predicted molar refractivity (Wildman–Crippen MR) is 87.1 cm³/mol. The summed E-state index contributed by atoms with van der Waals surface area (Å²) in [6.45, 7) is 2.01. The zero-order valence-corrected chi connectivity index (χ0v) is 13.2. The summed E-state index contributed by atoms with van der Waals surface area (Å²) in [6.07, 6.45) is 6.28. The van der Waals surface area contributed by atoms with Crippen molar-refractivity contribution in [3.63, 3.8) is 0 Å². The molecular weight excluding hydrogens is 288 g/mol. The number of likely N-dealkylation sites (tertiary alicyclic amines) is 1. The summed E-state index contributed by atoms with van der Waals surface area (Å²) in [7, 11) is 2.27. The minimum Gasteiger partial charge on any atom is -0.361 e. The molecule has 2 aromatic heterocycles. The van der Waals surface area contributed by atoms with Gasteiger partial charge >= 0.3 is 0 Å². The molecule has 118 valence electrons. The van der Waals surface area contributed by atoms with Crippen LogP contribution in [0.15, 0.2) is 30.7 Å². The van der Waals surface area contributed by atoms with Gasteiger partial charge in [0.2, 0.25) is 0 Å². The molecule has 23 heavy (non-hydrogen) atoms. The minimum absolute atomic E-state index is 0.584. The number of aromatic nitrogens is 5. The van der Waals surface area contributed by atoms with Crippen molar-refractivity contribution in [2.75, 3.05) is 13.6 Å². The first kappa shape index (κ1) is 13.2. The number of benzene rings is 1. The zero-order chi connectivity index (χ0) is 15.4. The van der Waals surface area contributed by atoms with E-state index in [1.807, 2.05) is 4.68 Å². The lowest BCUT2D eigenvalue weighted by atomic mass is 9.72. The number of hydrogen-bond donors (Lipinski definition) is 1. The van der Waals surface area contributed by atoms with Gasteiger partial charge in [-0.05, 0) is 53.4 Å². The summed E-state index contributed by atoms with van der Waals surface area (Å²) in [6, 6.07) is 7.30. The van der Waals surface area contributed by atoms with Crippen molar-refractivity contribution in [1.82, 2.24) is 30.1 Å². The number of piperidine rings is 1. The van der Waals surface area contributed by atoms with Crippen molar-refractivity contribution in [3.05, 3.63) is 41.9 Å². The Morgan fingerprint density at radius 3 is 3.17 bits per heavy atom.